The van der Waals surface area contributed by atoms with Crippen LogP contribution in [0.1, 0.15) is 25.3 Å². The summed E-state index contributed by atoms with van der Waals surface area (Å²) in [4.78, 5) is 5.28. The van der Waals surface area contributed by atoms with Crippen LogP contribution in [0.15, 0.2) is 144 Å². The van der Waals surface area contributed by atoms with Crippen molar-refractivity contribution in [3.63, 3.8) is 0 Å². The van der Waals surface area contributed by atoms with Gasteiger partial charge in [0.25, 0.3) is 0 Å². The van der Waals surface area contributed by atoms with E-state index >= 15 is 0 Å². The molecule has 3 heteroatoms. The van der Waals surface area contributed by atoms with E-state index in [9.17, 15) is 0 Å². The van der Waals surface area contributed by atoms with Gasteiger partial charge in [-0.2, -0.15) is 0 Å². The molecule has 8 aromatic rings. The van der Waals surface area contributed by atoms with Crippen molar-refractivity contribution in [1.29, 1.82) is 0 Å². The predicted molar refractivity (Wildman–Crippen MR) is 179 cm³/mol. The molecule has 0 atom stereocenters. The van der Waals surface area contributed by atoms with Crippen molar-refractivity contribution in [2.45, 2.75) is 19.8 Å². The van der Waals surface area contributed by atoms with E-state index in [0.717, 1.165) is 61.3 Å². The molecule has 0 N–H and O–H groups in total. The number of rotatable bonds is 5. The Kier molecular flexibility index (Phi) is 5.97. The van der Waals surface area contributed by atoms with Gasteiger partial charge >= 0.3 is 0 Å². The molecule has 0 radical (unpaired) electrons. The van der Waals surface area contributed by atoms with Crippen LogP contribution in [-0.2, 0) is 0 Å². The standard InChI is InChI=1S/C40H30N2O/c1-26(2)29-20-21-30-24-38-34(23-31(30)22-29)35(25-43-38)40-41-36-18-9-10-19-37(36)42(40)39-32(27-12-5-3-6-13-27)16-11-17-33(39)28-14-7-4-8-15-28/h3-26H,1-2H3. The van der Waals surface area contributed by atoms with Gasteiger partial charge < -0.3 is 4.42 Å². The van der Waals surface area contributed by atoms with Crippen molar-refractivity contribution in [3.8, 4) is 39.3 Å². The molecular weight excluding hydrogens is 524 g/mol. The number of benzene rings is 6. The zero-order valence-corrected chi connectivity index (χ0v) is 24.2. The summed E-state index contributed by atoms with van der Waals surface area (Å²) in [5.41, 5.74) is 10.9. The van der Waals surface area contributed by atoms with E-state index in [0.29, 0.717) is 5.92 Å². The molecule has 0 aliphatic carbocycles. The Balaban J connectivity index is 1.47. The molecule has 6 aromatic carbocycles. The van der Waals surface area contributed by atoms with Gasteiger partial charge in [0.15, 0.2) is 0 Å². The Morgan fingerprint density at radius 2 is 1.28 bits per heavy atom. The highest BCUT2D eigenvalue weighted by atomic mass is 16.3. The summed E-state index contributed by atoms with van der Waals surface area (Å²) in [5, 5.41) is 3.44. The molecule has 0 unspecified atom stereocenters. The van der Waals surface area contributed by atoms with Crippen LogP contribution in [0.4, 0.5) is 0 Å². The highest BCUT2D eigenvalue weighted by Crippen LogP contribution is 2.42. The second-order valence-electron chi connectivity index (χ2n) is 11.5. The Morgan fingerprint density at radius 3 is 1.98 bits per heavy atom. The summed E-state index contributed by atoms with van der Waals surface area (Å²) in [6.07, 6.45) is 1.87. The van der Waals surface area contributed by atoms with Gasteiger partial charge in [0.2, 0.25) is 0 Å². The summed E-state index contributed by atoms with van der Waals surface area (Å²) in [7, 11) is 0. The van der Waals surface area contributed by atoms with Crippen LogP contribution in [0.5, 0.6) is 0 Å². The third-order valence-corrected chi connectivity index (χ3v) is 8.45. The summed E-state index contributed by atoms with van der Waals surface area (Å²) >= 11 is 0. The van der Waals surface area contributed by atoms with E-state index in [1.165, 1.54) is 16.3 Å². The molecule has 8 rings (SSSR count). The van der Waals surface area contributed by atoms with Gasteiger partial charge in [-0.25, -0.2) is 4.98 Å². The first-order valence-electron chi connectivity index (χ1n) is 14.8. The quantitative estimate of drug-likeness (QED) is 0.212. The number of furan rings is 1. The highest BCUT2D eigenvalue weighted by Gasteiger charge is 2.23. The van der Waals surface area contributed by atoms with Gasteiger partial charge in [-0.15, -0.1) is 0 Å². The second kappa shape index (κ2) is 10.1. The monoisotopic (exact) mass is 554 g/mol. The Labute approximate surface area is 250 Å². The zero-order valence-electron chi connectivity index (χ0n) is 24.2. The molecule has 0 bridgehead atoms. The summed E-state index contributed by atoms with van der Waals surface area (Å²) in [6, 6.07) is 47.3. The molecule has 0 aliphatic rings. The fraction of sp³-hybridized carbons (Fsp3) is 0.0750. The van der Waals surface area contributed by atoms with Crippen molar-refractivity contribution in [3.05, 3.63) is 145 Å². The number of para-hydroxylation sites is 3. The second-order valence-corrected chi connectivity index (χ2v) is 11.5. The van der Waals surface area contributed by atoms with E-state index in [1.54, 1.807) is 0 Å². The Morgan fingerprint density at radius 1 is 0.605 bits per heavy atom. The lowest BCUT2D eigenvalue weighted by molar-refractivity contribution is 0.617. The normalized spacial score (nSPS) is 11.7. The lowest BCUT2D eigenvalue weighted by Gasteiger charge is -2.19. The number of hydrogen-bond acceptors (Lipinski definition) is 2. The van der Waals surface area contributed by atoms with Crippen molar-refractivity contribution in [2.75, 3.05) is 0 Å². The van der Waals surface area contributed by atoms with Crippen LogP contribution in [0, 0.1) is 0 Å². The van der Waals surface area contributed by atoms with Gasteiger partial charge in [0.1, 0.15) is 17.7 Å². The van der Waals surface area contributed by atoms with Gasteiger partial charge in [-0.3, -0.25) is 4.57 Å². The third kappa shape index (κ3) is 4.24. The van der Waals surface area contributed by atoms with E-state index in [1.807, 2.05) is 6.26 Å². The topological polar surface area (TPSA) is 31.0 Å². The van der Waals surface area contributed by atoms with E-state index in [-0.39, 0.29) is 0 Å². The Bertz CT molecular complexity index is 2200. The minimum absolute atomic E-state index is 0.457. The lowest BCUT2D eigenvalue weighted by Crippen LogP contribution is -2.03. The number of hydrogen-bond donors (Lipinski definition) is 0. The average Bonchev–Trinajstić information content (AvgIpc) is 3.64. The first-order valence-corrected chi connectivity index (χ1v) is 14.8. The number of nitrogens with zero attached hydrogens (tertiary/aromatic N) is 2. The molecule has 43 heavy (non-hydrogen) atoms. The molecule has 0 saturated heterocycles. The van der Waals surface area contributed by atoms with Crippen molar-refractivity contribution in [1.82, 2.24) is 9.55 Å². The van der Waals surface area contributed by atoms with Crippen LogP contribution >= 0.6 is 0 Å². The summed E-state index contributed by atoms with van der Waals surface area (Å²) < 4.78 is 8.58. The number of fused-ring (bicyclic) bond motifs is 3. The number of imidazole rings is 1. The lowest BCUT2D eigenvalue weighted by atomic mass is 9.95. The Hall–Kier alpha value is -5.41. The fourth-order valence-electron chi connectivity index (χ4n) is 6.24. The van der Waals surface area contributed by atoms with Crippen molar-refractivity contribution < 1.29 is 4.42 Å². The van der Waals surface area contributed by atoms with Crippen LogP contribution in [0.3, 0.4) is 0 Å². The average molecular weight is 555 g/mol. The first kappa shape index (κ1) is 25.3. The minimum atomic E-state index is 0.457. The molecule has 0 aliphatic heterocycles. The van der Waals surface area contributed by atoms with E-state index in [2.05, 4.69) is 152 Å². The van der Waals surface area contributed by atoms with Crippen LogP contribution in [0.25, 0.3) is 72.1 Å². The van der Waals surface area contributed by atoms with E-state index < -0.39 is 0 Å². The largest absolute Gasteiger partial charge is 0.464 e. The van der Waals surface area contributed by atoms with Crippen LogP contribution in [0.2, 0.25) is 0 Å². The van der Waals surface area contributed by atoms with Crippen molar-refractivity contribution in [2.24, 2.45) is 0 Å². The maximum atomic E-state index is 6.25. The molecule has 0 spiro atoms. The highest BCUT2D eigenvalue weighted by molar-refractivity contribution is 6.04. The van der Waals surface area contributed by atoms with Crippen LogP contribution in [-0.4, -0.2) is 9.55 Å². The minimum Gasteiger partial charge on any atom is -0.464 e. The van der Waals surface area contributed by atoms with Crippen LogP contribution < -0.4 is 0 Å². The molecule has 0 amide bonds. The molecule has 0 saturated carbocycles. The zero-order chi connectivity index (χ0) is 28.9. The molecule has 0 fully saturated rings. The van der Waals surface area contributed by atoms with Gasteiger partial charge in [0.05, 0.1) is 22.3 Å². The fourth-order valence-corrected chi connectivity index (χ4v) is 6.24. The third-order valence-electron chi connectivity index (χ3n) is 8.45. The maximum Gasteiger partial charge on any atom is 0.149 e. The van der Waals surface area contributed by atoms with Gasteiger partial charge in [0, 0.05) is 16.5 Å². The number of aromatic nitrogens is 2. The molecule has 2 heterocycles. The smallest absolute Gasteiger partial charge is 0.149 e. The SMILES string of the molecule is CC(C)c1ccc2cc3occ(-c4nc5ccccc5n4-c4c(-c5ccccc5)cccc4-c4ccccc4)c3cc2c1. The molecular formula is C40H30N2O. The molecule has 3 nitrogen and oxygen atoms in total. The summed E-state index contributed by atoms with van der Waals surface area (Å²) in [5.74, 6) is 1.32. The molecule has 206 valence electrons. The van der Waals surface area contributed by atoms with Gasteiger partial charge in [-0.1, -0.05) is 123 Å². The van der Waals surface area contributed by atoms with Crippen molar-refractivity contribution >= 4 is 32.8 Å². The maximum absolute atomic E-state index is 6.25. The van der Waals surface area contributed by atoms with E-state index in [4.69, 9.17) is 9.40 Å². The predicted octanol–water partition coefficient (Wildman–Crippen LogP) is 11.0. The van der Waals surface area contributed by atoms with Gasteiger partial charge in [-0.05, 0) is 57.6 Å². The molecule has 2 aromatic heterocycles. The summed E-state index contributed by atoms with van der Waals surface area (Å²) in [6.45, 7) is 4.47. The first-order chi connectivity index (χ1) is 21.2.